The molecule has 2 heterocycles. The van der Waals surface area contributed by atoms with Gasteiger partial charge in [0, 0.05) is 11.6 Å². The highest BCUT2D eigenvalue weighted by Gasteiger charge is 2.15. The molecule has 5 nitrogen and oxygen atoms in total. The van der Waals surface area contributed by atoms with Gasteiger partial charge in [-0.15, -0.1) is 0 Å². The number of benzene rings is 1. The van der Waals surface area contributed by atoms with Gasteiger partial charge in [-0.3, -0.25) is 4.79 Å². The average molecular weight is 322 g/mol. The van der Waals surface area contributed by atoms with Gasteiger partial charge in [0.05, 0.1) is 11.3 Å². The van der Waals surface area contributed by atoms with Gasteiger partial charge < -0.3 is 4.42 Å². The third-order valence-corrected chi connectivity index (χ3v) is 4.18. The lowest BCUT2D eigenvalue weighted by Crippen LogP contribution is -2.15. The Kier molecular flexibility index (Phi) is 4.22. The van der Waals surface area contributed by atoms with Crippen LogP contribution < -0.4 is 5.63 Å². The number of fused-ring (bicyclic) bond motifs is 1. The maximum atomic E-state index is 12.3. The molecule has 6 heteroatoms. The van der Waals surface area contributed by atoms with E-state index in [1.807, 2.05) is 6.07 Å². The fraction of sp³-hybridized carbons (Fsp3) is 0.0588. The van der Waals surface area contributed by atoms with Gasteiger partial charge in [0.2, 0.25) is 0 Å². The van der Waals surface area contributed by atoms with E-state index in [1.54, 1.807) is 42.6 Å². The normalized spacial score (nSPS) is 10.4. The van der Waals surface area contributed by atoms with E-state index in [0.29, 0.717) is 21.6 Å². The molecule has 0 radical (unpaired) electrons. The van der Waals surface area contributed by atoms with Crippen LogP contribution in [0.2, 0.25) is 0 Å². The third-order valence-electron chi connectivity index (χ3n) is 3.17. The van der Waals surface area contributed by atoms with Gasteiger partial charge in [0.1, 0.15) is 22.2 Å². The number of para-hydroxylation sites is 1. The van der Waals surface area contributed by atoms with Crippen LogP contribution in [0.4, 0.5) is 0 Å². The van der Waals surface area contributed by atoms with Crippen LogP contribution in [0, 0.1) is 11.3 Å². The SMILES string of the molecule is N#Cc1cccnc1SCC(=O)c1cc2ccccc2oc1=O. The molecule has 0 saturated carbocycles. The first-order chi connectivity index (χ1) is 11.2. The summed E-state index contributed by atoms with van der Waals surface area (Å²) in [5, 5.41) is 10.2. The quantitative estimate of drug-likeness (QED) is 0.417. The van der Waals surface area contributed by atoms with Gasteiger partial charge in [-0.1, -0.05) is 30.0 Å². The number of thioether (sulfide) groups is 1. The van der Waals surface area contributed by atoms with E-state index < -0.39 is 5.63 Å². The van der Waals surface area contributed by atoms with Crippen LogP contribution in [-0.4, -0.2) is 16.5 Å². The Hall–Kier alpha value is -2.91. The Morgan fingerprint density at radius 2 is 2.09 bits per heavy atom. The first-order valence-electron chi connectivity index (χ1n) is 6.73. The summed E-state index contributed by atoms with van der Waals surface area (Å²) in [7, 11) is 0. The van der Waals surface area contributed by atoms with E-state index in [9.17, 15) is 9.59 Å². The number of ketones is 1. The van der Waals surface area contributed by atoms with Crippen molar-refractivity contribution in [1.82, 2.24) is 4.98 Å². The van der Waals surface area contributed by atoms with E-state index in [2.05, 4.69) is 4.98 Å². The Morgan fingerprint density at radius 3 is 2.91 bits per heavy atom. The van der Waals surface area contributed by atoms with E-state index in [1.165, 1.54) is 6.07 Å². The molecule has 0 aliphatic heterocycles. The lowest BCUT2D eigenvalue weighted by molar-refractivity contribution is 0.101. The second-order valence-electron chi connectivity index (χ2n) is 4.67. The average Bonchev–Trinajstić information content (AvgIpc) is 2.59. The summed E-state index contributed by atoms with van der Waals surface area (Å²) < 4.78 is 5.16. The highest BCUT2D eigenvalue weighted by Crippen LogP contribution is 2.21. The van der Waals surface area contributed by atoms with E-state index in [-0.39, 0.29) is 17.1 Å². The van der Waals surface area contributed by atoms with Gasteiger partial charge >= 0.3 is 5.63 Å². The van der Waals surface area contributed by atoms with Crippen molar-refractivity contribution in [3.05, 3.63) is 70.2 Å². The molecule has 0 saturated heterocycles. The molecule has 0 atom stereocenters. The Labute approximate surface area is 135 Å². The zero-order valence-electron chi connectivity index (χ0n) is 11.9. The minimum Gasteiger partial charge on any atom is -0.422 e. The molecule has 0 spiro atoms. The van der Waals surface area contributed by atoms with E-state index >= 15 is 0 Å². The highest BCUT2D eigenvalue weighted by molar-refractivity contribution is 8.00. The fourth-order valence-corrected chi connectivity index (χ4v) is 2.89. The predicted molar refractivity (Wildman–Crippen MR) is 86.5 cm³/mol. The first kappa shape index (κ1) is 15.0. The number of pyridine rings is 1. The molecular formula is C17H10N2O3S. The summed E-state index contributed by atoms with van der Waals surface area (Å²) in [6, 6.07) is 13.8. The molecule has 2 aromatic heterocycles. The molecule has 0 N–H and O–H groups in total. The summed E-state index contributed by atoms with van der Waals surface area (Å²) in [6.07, 6.45) is 1.55. The van der Waals surface area contributed by atoms with Crippen molar-refractivity contribution >= 4 is 28.5 Å². The summed E-state index contributed by atoms with van der Waals surface area (Å²) in [6.45, 7) is 0. The maximum Gasteiger partial charge on any atom is 0.347 e. The largest absolute Gasteiger partial charge is 0.422 e. The van der Waals surface area contributed by atoms with Crippen molar-refractivity contribution in [3.63, 3.8) is 0 Å². The number of aromatic nitrogens is 1. The van der Waals surface area contributed by atoms with Crippen LogP contribution in [0.25, 0.3) is 11.0 Å². The summed E-state index contributed by atoms with van der Waals surface area (Å²) >= 11 is 1.12. The molecule has 3 rings (SSSR count). The number of carbonyl (C=O) groups excluding carboxylic acids is 1. The van der Waals surface area contributed by atoms with Gasteiger partial charge in [-0.05, 0) is 24.3 Å². The fourth-order valence-electron chi connectivity index (χ4n) is 2.06. The van der Waals surface area contributed by atoms with E-state index in [4.69, 9.17) is 9.68 Å². The van der Waals surface area contributed by atoms with Crippen LogP contribution in [0.5, 0.6) is 0 Å². The monoisotopic (exact) mass is 322 g/mol. The van der Waals surface area contributed by atoms with Gasteiger partial charge in [-0.2, -0.15) is 5.26 Å². The van der Waals surface area contributed by atoms with Crippen molar-refractivity contribution < 1.29 is 9.21 Å². The molecule has 0 aliphatic rings. The van der Waals surface area contributed by atoms with Crippen molar-refractivity contribution in [2.75, 3.05) is 5.75 Å². The van der Waals surface area contributed by atoms with Gasteiger partial charge in [-0.25, -0.2) is 9.78 Å². The summed E-state index contributed by atoms with van der Waals surface area (Å²) in [4.78, 5) is 28.3. The number of hydrogen-bond acceptors (Lipinski definition) is 6. The minimum atomic E-state index is -0.657. The molecular weight excluding hydrogens is 312 g/mol. The Morgan fingerprint density at radius 1 is 1.26 bits per heavy atom. The maximum absolute atomic E-state index is 12.3. The third kappa shape index (κ3) is 3.15. The standard InChI is InChI=1S/C17H10N2O3S/c18-9-12-5-3-7-19-16(12)23-10-14(20)13-8-11-4-1-2-6-15(11)22-17(13)21/h1-8H,10H2. The van der Waals surface area contributed by atoms with Crippen LogP contribution in [-0.2, 0) is 0 Å². The number of nitrogens with zero attached hydrogens (tertiary/aromatic N) is 2. The van der Waals surface area contributed by atoms with Crippen molar-refractivity contribution in [2.24, 2.45) is 0 Å². The van der Waals surface area contributed by atoms with Gasteiger partial charge in [0.25, 0.3) is 0 Å². The second-order valence-corrected chi connectivity index (χ2v) is 5.63. The topological polar surface area (TPSA) is 84.0 Å². The number of Topliss-reactive ketones (excluding diaryl/α,β-unsaturated/α-hetero) is 1. The molecule has 0 fully saturated rings. The number of carbonyl (C=O) groups is 1. The van der Waals surface area contributed by atoms with Crippen molar-refractivity contribution in [1.29, 1.82) is 5.26 Å². The Bertz CT molecular complexity index is 989. The van der Waals surface area contributed by atoms with Crippen LogP contribution >= 0.6 is 11.8 Å². The van der Waals surface area contributed by atoms with Crippen molar-refractivity contribution in [2.45, 2.75) is 5.03 Å². The highest BCUT2D eigenvalue weighted by atomic mass is 32.2. The first-order valence-corrected chi connectivity index (χ1v) is 7.71. The van der Waals surface area contributed by atoms with Gasteiger partial charge in [0.15, 0.2) is 5.78 Å². The van der Waals surface area contributed by atoms with Crippen LogP contribution in [0.3, 0.4) is 0 Å². The number of hydrogen-bond donors (Lipinski definition) is 0. The van der Waals surface area contributed by atoms with E-state index in [0.717, 1.165) is 11.8 Å². The summed E-state index contributed by atoms with van der Waals surface area (Å²) in [5.41, 5.74) is 0.190. The smallest absolute Gasteiger partial charge is 0.347 e. The molecule has 1 aromatic carbocycles. The molecule has 3 aromatic rings. The lowest BCUT2D eigenvalue weighted by atomic mass is 10.1. The number of nitriles is 1. The Balaban J connectivity index is 1.85. The zero-order valence-corrected chi connectivity index (χ0v) is 12.7. The molecule has 0 aliphatic carbocycles. The van der Waals surface area contributed by atoms with Crippen molar-refractivity contribution in [3.8, 4) is 6.07 Å². The lowest BCUT2D eigenvalue weighted by Gasteiger charge is -2.03. The van der Waals surface area contributed by atoms with Crippen LogP contribution in [0.15, 0.2) is 62.9 Å². The predicted octanol–water partition coefficient (Wildman–Crippen LogP) is 3.03. The second kappa shape index (κ2) is 6.46. The zero-order chi connectivity index (χ0) is 16.2. The number of rotatable bonds is 4. The molecule has 112 valence electrons. The molecule has 0 bridgehead atoms. The minimum absolute atomic E-state index is 0.00522. The summed E-state index contributed by atoms with van der Waals surface area (Å²) in [5.74, 6) is -0.349. The molecule has 23 heavy (non-hydrogen) atoms. The van der Waals surface area contributed by atoms with Crippen LogP contribution in [0.1, 0.15) is 15.9 Å². The molecule has 0 amide bonds. The molecule has 0 unspecified atom stereocenters.